The van der Waals surface area contributed by atoms with Gasteiger partial charge in [-0.15, -0.1) is 0 Å². The third-order valence-electron chi connectivity index (χ3n) is 2.14. The van der Waals surface area contributed by atoms with E-state index in [1.807, 2.05) is 6.26 Å². The maximum atomic E-state index is 11.8. The van der Waals surface area contributed by atoms with E-state index in [-0.39, 0.29) is 18.6 Å². The zero-order valence-electron chi connectivity index (χ0n) is 9.40. The fourth-order valence-electron chi connectivity index (χ4n) is 1.33. The molecule has 1 rings (SSSR count). The summed E-state index contributed by atoms with van der Waals surface area (Å²) in [5.74, 6) is 1.02. The number of rotatable bonds is 6. The summed E-state index contributed by atoms with van der Waals surface area (Å²) >= 11 is 1.62. The molecule has 0 radical (unpaired) electrons. The summed E-state index contributed by atoms with van der Waals surface area (Å²) in [4.78, 5) is 15.6. The van der Waals surface area contributed by atoms with Gasteiger partial charge in [0.2, 0.25) is 0 Å². The average Bonchev–Trinajstić information content (AvgIpc) is 2.65. The van der Waals surface area contributed by atoms with Crippen LogP contribution in [0.3, 0.4) is 0 Å². The first-order valence-corrected chi connectivity index (χ1v) is 6.39. The summed E-state index contributed by atoms with van der Waals surface area (Å²) in [6, 6.07) is -0.0383. The van der Waals surface area contributed by atoms with Crippen LogP contribution in [0.1, 0.15) is 22.7 Å². The van der Waals surface area contributed by atoms with Crippen LogP contribution >= 0.6 is 11.8 Å². The fourth-order valence-corrected chi connectivity index (χ4v) is 1.98. The number of aromatic nitrogens is 1. The lowest BCUT2D eigenvalue weighted by atomic mass is 10.2. The molecule has 1 heterocycles. The normalized spacial score (nSPS) is 12.4. The minimum atomic E-state index is -0.251. The van der Waals surface area contributed by atoms with Crippen molar-refractivity contribution in [3.63, 3.8) is 0 Å². The molecule has 1 aromatic heterocycles. The Morgan fingerprint density at radius 3 is 3.00 bits per heavy atom. The number of amides is 1. The molecular formula is C10H16N2O3S. The van der Waals surface area contributed by atoms with Crippen molar-refractivity contribution >= 4 is 17.7 Å². The molecule has 0 aliphatic heterocycles. The fraction of sp³-hybridized carbons (Fsp3) is 0.600. The van der Waals surface area contributed by atoms with Crippen molar-refractivity contribution in [3.05, 3.63) is 17.8 Å². The van der Waals surface area contributed by atoms with Crippen LogP contribution in [-0.4, -0.2) is 40.7 Å². The molecule has 1 aromatic rings. The molecule has 1 amide bonds. The third-order valence-corrected chi connectivity index (χ3v) is 2.88. The van der Waals surface area contributed by atoms with Crippen LogP contribution in [0.2, 0.25) is 0 Å². The number of nitrogens with one attached hydrogen (secondary N) is 1. The Kier molecular flexibility index (Phi) is 5.34. The lowest BCUT2D eigenvalue weighted by molar-refractivity contribution is 0.0929. The Labute approximate surface area is 98.6 Å². The maximum Gasteiger partial charge on any atom is 0.273 e. The summed E-state index contributed by atoms with van der Waals surface area (Å²) in [6.45, 7) is 1.75. The smallest absolute Gasteiger partial charge is 0.273 e. The van der Waals surface area contributed by atoms with E-state index in [4.69, 9.17) is 9.52 Å². The van der Waals surface area contributed by atoms with Gasteiger partial charge in [0.1, 0.15) is 5.76 Å². The van der Waals surface area contributed by atoms with Gasteiger partial charge in [0.05, 0.1) is 0 Å². The Morgan fingerprint density at radius 2 is 2.50 bits per heavy atom. The highest BCUT2D eigenvalue weighted by Gasteiger charge is 2.17. The summed E-state index contributed by atoms with van der Waals surface area (Å²) in [5, 5.41) is 11.7. The number of hydrogen-bond acceptors (Lipinski definition) is 5. The third kappa shape index (κ3) is 3.53. The zero-order valence-corrected chi connectivity index (χ0v) is 10.2. The van der Waals surface area contributed by atoms with Gasteiger partial charge in [-0.25, -0.2) is 4.98 Å². The van der Waals surface area contributed by atoms with Gasteiger partial charge in [0.25, 0.3) is 5.91 Å². The highest BCUT2D eigenvalue weighted by atomic mass is 32.2. The average molecular weight is 244 g/mol. The SMILES string of the molecule is CSCC(CCO)NC(=O)c1ncoc1C. The van der Waals surface area contributed by atoms with Crippen LogP contribution in [0.4, 0.5) is 0 Å². The lowest BCUT2D eigenvalue weighted by Gasteiger charge is -2.15. The molecule has 1 atom stereocenters. The second-order valence-electron chi connectivity index (χ2n) is 3.40. The molecule has 0 saturated carbocycles. The van der Waals surface area contributed by atoms with Crippen molar-refractivity contribution in [1.29, 1.82) is 0 Å². The van der Waals surface area contributed by atoms with Gasteiger partial charge in [-0.3, -0.25) is 4.79 Å². The molecule has 16 heavy (non-hydrogen) atoms. The van der Waals surface area contributed by atoms with Crippen LogP contribution < -0.4 is 5.32 Å². The number of carbonyl (C=O) groups is 1. The van der Waals surface area contributed by atoms with E-state index >= 15 is 0 Å². The van der Waals surface area contributed by atoms with Gasteiger partial charge in [-0.2, -0.15) is 11.8 Å². The van der Waals surface area contributed by atoms with Gasteiger partial charge in [-0.05, 0) is 19.6 Å². The molecule has 90 valence electrons. The molecular weight excluding hydrogens is 228 g/mol. The van der Waals surface area contributed by atoms with E-state index in [1.165, 1.54) is 6.39 Å². The molecule has 0 bridgehead atoms. The monoisotopic (exact) mass is 244 g/mol. The standard InChI is InChI=1S/C10H16N2O3S/c1-7-9(11-6-15-7)10(14)12-8(3-4-13)5-16-2/h6,8,13H,3-5H2,1-2H3,(H,12,14). The first kappa shape index (κ1) is 13.1. The quantitative estimate of drug-likeness (QED) is 0.775. The van der Waals surface area contributed by atoms with Crippen molar-refractivity contribution in [3.8, 4) is 0 Å². The number of aryl methyl sites for hydroxylation is 1. The van der Waals surface area contributed by atoms with Crippen LogP contribution in [0.5, 0.6) is 0 Å². The Morgan fingerprint density at radius 1 is 1.75 bits per heavy atom. The summed E-state index contributed by atoms with van der Waals surface area (Å²) in [7, 11) is 0. The van der Waals surface area contributed by atoms with E-state index in [2.05, 4.69) is 10.3 Å². The van der Waals surface area contributed by atoms with E-state index < -0.39 is 0 Å². The second-order valence-corrected chi connectivity index (χ2v) is 4.31. The van der Waals surface area contributed by atoms with Gasteiger partial charge in [-0.1, -0.05) is 0 Å². The number of hydrogen-bond donors (Lipinski definition) is 2. The first-order valence-electron chi connectivity index (χ1n) is 4.99. The zero-order chi connectivity index (χ0) is 12.0. The summed E-state index contributed by atoms with van der Waals surface area (Å²) < 4.78 is 4.96. The number of thioether (sulfide) groups is 1. The van der Waals surface area contributed by atoms with Gasteiger partial charge in [0, 0.05) is 18.4 Å². The highest BCUT2D eigenvalue weighted by Crippen LogP contribution is 2.07. The van der Waals surface area contributed by atoms with E-state index in [0.29, 0.717) is 17.9 Å². The van der Waals surface area contributed by atoms with Crippen LogP contribution in [0.25, 0.3) is 0 Å². The molecule has 0 fully saturated rings. The van der Waals surface area contributed by atoms with Crippen molar-refractivity contribution in [2.24, 2.45) is 0 Å². The molecule has 2 N–H and O–H groups in total. The Balaban J connectivity index is 2.58. The molecule has 6 heteroatoms. The molecule has 0 aliphatic rings. The maximum absolute atomic E-state index is 11.8. The predicted molar refractivity (Wildman–Crippen MR) is 62.6 cm³/mol. The van der Waals surface area contributed by atoms with Crippen molar-refractivity contribution < 1.29 is 14.3 Å². The lowest BCUT2D eigenvalue weighted by Crippen LogP contribution is -2.37. The van der Waals surface area contributed by atoms with Gasteiger partial charge in [0.15, 0.2) is 12.1 Å². The second kappa shape index (κ2) is 6.55. The molecule has 1 unspecified atom stereocenters. The molecule has 5 nitrogen and oxygen atoms in total. The number of nitrogens with zero attached hydrogens (tertiary/aromatic N) is 1. The van der Waals surface area contributed by atoms with Gasteiger partial charge >= 0.3 is 0 Å². The predicted octanol–water partition coefficient (Wildman–Crippen LogP) is 0.827. The summed E-state index contributed by atoms with van der Waals surface area (Å²) in [5.41, 5.74) is 0.309. The van der Waals surface area contributed by atoms with Crippen molar-refractivity contribution in [1.82, 2.24) is 10.3 Å². The number of oxazole rings is 1. The van der Waals surface area contributed by atoms with Crippen molar-refractivity contribution in [2.75, 3.05) is 18.6 Å². The minimum Gasteiger partial charge on any atom is -0.448 e. The van der Waals surface area contributed by atoms with E-state index in [9.17, 15) is 4.79 Å². The molecule has 0 aromatic carbocycles. The minimum absolute atomic E-state index is 0.0383. The summed E-state index contributed by atoms with van der Waals surface area (Å²) in [6.07, 6.45) is 3.75. The van der Waals surface area contributed by atoms with Crippen LogP contribution in [0.15, 0.2) is 10.8 Å². The molecule has 0 saturated heterocycles. The number of aliphatic hydroxyl groups excluding tert-OH is 1. The largest absolute Gasteiger partial charge is 0.448 e. The molecule has 0 aliphatic carbocycles. The number of aliphatic hydroxyl groups is 1. The highest BCUT2D eigenvalue weighted by molar-refractivity contribution is 7.98. The molecule has 0 spiro atoms. The Hall–Kier alpha value is -1.01. The van der Waals surface area contributed by atoms with Crippen LogP contribution in [0, 0.1) is 6.92 Å². The number of carbonyl (C=O) groups excluding carboxylic acids is 1. The van der Waals surface area contributed by atoms with Crippen LogP contribution in [-0.2, 0) is 0 Å². The van der Waals surface area contributed by atoms with Gasteiger partial charge < -0.3 is 14.8 Å². The van der Waals surface area contributed by atoms with E-state index in [1.54, 1.807) is 18.7 Å². The topological polar surface area (TPSA) is 75.4 Å². The Bertz CT molecular complexity index is 335. The van der Waals surface area contributed by atoms with Crippen molar-refractivity contribution in [2.45, 2.75) is 19.4 Å². The van der Waals surface area contributed by atoms with E-state index in [0.717, 1.165) is 5.75 Å². The first-order chi connectivity index (χ1) is 7.69.